The van der Waals surface area contributed by atoms with Crippen LogP contribution in [-0.4, -0.2) is 53.7 Å². The predicted molar refractivity (Wildman–Crippen MR) is 156 cm³/mol. The number of ether oxygens (including phenoxy) is 1. The summed E-state index contributed by atoms with van der Waals surface area (Å²) < 4.78 is 16.9. The van der Waals surface area contributed by atoms with E-state index in [1.165, 1.54) is 35.7 Å². The molecule has 208 valence electrons. The lowest BCUT2D eigenvalue weighted by atomic mass is 9.91. The summed E-state index contributed by atoms with van der Waals surface area (Å²) in [5.74, 6) is 2.18. The molecule has 1 saturated carbocycles. The van der Waals surface area contributed by atoms with E-state index >= 15 is 0 Å². The minimum absolute atomic E-state index is 0.0561. The summed E-state index contributed by atoms with van der Waals surface area (Å²) in [7, 11) is 0. The van der Waals surface area contributed by atoms with Gasteiger partial charge in [0, 0.05) is 49.1 Å². The van der Waals surface area contributed by atoms with Crippen molar-refractivity contribution in [1.29, 1.82) is 0 Å². The molecular weight excluding hydrogens is 550 g/mol. The number of amides is 1. The Balaban J connectivity index is 1.19. The molecule has 11 nitrogen and oxygen atoms in total. The average Bonchev–Trinajstić information content (AvgIpc) is 3.69. The lowest BCUT2D eigenvalue weighted by molar-refractivity contribution is -0.427. The molecule has 0 spiro atoms. The minimum atomic E-state index is -0.152. The first-order valence-corrected chi connectivity index (χ1v) is 15.2. The quantitative estimate of drug-likeness (QED) is 0.270. The van der Waals surface area contributed by atoms with Crippen LogP contribution in [0.4, 0.5) is 23.3 Å². The number of fused-ring (bicyclic) bond motifs is 2. The molecule has 0 aromatic carbocycles. The summed E-state index contributed by atoms with van der Waals surface area (Å²) in [6.45, 7) is 3.03. The van der Waals surface area contributed by atoms with E-state index in [9.17, 15) is 9.59 Å². The molecule has 6 N–H and O–H groups in total. The van der Waals surface area contributed by atoms with Gasteiger partial charge in [0.05, 0.1) is 29.7 Å². The van der Waals surface area contributed by atoms with E-state index in [-0.39, 0.29) is 17.4 Å². The van der Waals surface area contributed by atoms with E-state index in [0.717, 1.165) is 34.7 Å². The number of nitrogens with one attached hydrogen (secondary N) is 3. The summed E-state index contributed by atoms with van der Waals surface area (Å²) in [5.41, 5.74) is 7.09. The zero-order valence-electron chi connectivity index (χ0n) is 21.8. The Labute approximate surface area is 237 Å². The molecule has 3 aliphatic rings. The van der Waals surface area contributed by atoms with Crippen LogP contribution in [0.2, 0.25) is 0 Å². The van der Waals surface area contributed by atoms with Crippen molar-refractivity contribution in [2.24, 2.45) is 0 Å². The van der Waals surface area contributed by atoms with Gasteiger partial charge in [-0.3, -0.25) is 9.59 Å². The Morgan fingerprint density at radius 1 is 1.10 bits per heavy atom. The van der Waals surface area contributed by atoms with Gasteiger partial charge < -0.3 is 35.7 Å². The molecule has 0 bridgehead atoms. The van der Waals surface area contributed by atoms with Crippen LogP contribution in [0.3, 0.4) is 0 Å². The Hall–Kier alpha value is -3.52. The fourth-order valence-electron chi connectivity index (χ4n) is 5.63. The average molecular weight is 581 g/mol. The highest BCUT2D eigenvalue weighted by molar-refractivity contribution is 7.18. The van der Waals surface area contributed by atoms with E-state index in [2.05, 4.69) is 26.1 Å². The number of morpholine rings is 1. The highest BCUT2D eigenvalue weighted by Gasteiger charge is 2.29. The smallest absolute Gasteiger partial charge is 0.255 e. The van der Waals surface area contributed by atoms with Crippen molar-refractivity contribution < 1.29 is 19.7 Å². The van der Waals surface area contributed by atoms with Crippen molar-refractivity contribution in [3.8, 4) is 10.4 Å². The third-order valence-electron chi connectivity index (χ3n) is 7.79. The standard InChI is InChI=1S/C27H29N7O4S2/c28-16-3-1-2-4-17(16)30-20-9-14-12-29-27(36)23(14)26(31-20)32-21-11-19(40-33-21)15-13-39-25-18(35)10-22(38-24(15)25)34-5-7-37-8-6-34/h9-11,13,16-17H,1-8,12,28H2,(H,29,36)(H2,30,31,32,33)/p+1/t16-,17+/m1/s1. The van der Waals surface area contributed by atoms with Crippen LogP contribution in [0.25, 0.3) is 20.7 Å². The van der Waals surface area contributed by atoms with Crippen molar-refractivity contribution in [1.82, 2.24) is 14.7 Å². The highest BCUT2D eigenvalue weighted by Crippen LogP contribution is 2.38. The van der Waals surface area contributed by atoms with E-state index in [0.29, 0.717) is 72.3 Å². The monoisotopic (exact) mass is 580 g/mol. The molecule has 1 aliphatic carbocycles. The fraction of sp³-hybridized carbons (Fsp3) is 0.407. The van der Waals surface area contributed by atoms with E-state index < -0.39 is 0 Å². The molecule has 2 atom stereocenters. The van der Waals surface area contributed by atoms with Gasteiger partial charge in [0.2, 0.25) is 5.43 Å². The molecule has 4 aromatic heterocycles. The zero-order chi connectivity index (χ0) is 27.2. The normalized spacial score (nSPS) is 20.9. The number of nitrogens with zero attached hydrogens (tertiary/aromatic N) is 3. The highest BCUT2D eigenvalue weighted by atomic mass is 32.1. The van der Waals surface area contributed by atoms with Gasteiger partial charge in [0.15, 0.2) is 11.5 Å². The molecule has 1 amide bonds. The number of aromatic nitrogens is 2. The molecule has 2 fully saturated rings. The maximum atomic E-state index is 12.9. The lowest BCUT2D eigenvalue weighted by Crippen LogP contribution is -2.68. The van der Waals surface area contributed by atoms with Gasteiger partial charge in [0.25, 0.3) is 5.91 Å². The molecule has 0 unspecified atom stereocenters. The fourth-order valence-corrected chi connectivity index (χ4v) is 7.32. The Bertz CT molecular complexity index is 1640. The number of thiophene rings is 1. The number of pyridine rings is 1. The summed E-state index contributed by atoms with van der Waals surface area (Å²) in [6, 6.07) is 6.01. The van der Waals surface area contributed by atoms with E-state index in [1.54, 1.807) is 6.07 Å². The van der Waals surface area contributed by atoms with Gasteiger partial charge in [-0.05, 0) is 36.0 Å². The topological polar surface area (TPSA) is 149 Å². The SMILES string of the molecule is [NH3+][C@@H]1CCCC[C@@H]1Nc1cc2c(c(Nc3cc(-c4csc5c(=O)cc(N6CCOCC6)oc45)sn3)n1)C(=O)NC2. The second kappa shape index (κ2) is 10.5. The number of rotatable bonds is 6. The number of anilines is 4. The van der Waals surface area contributed by atoms with Crippen molar-refractivity contribution in [2.75, 3.05) is 41.8 Å². The van der Waals surface area contributed by atoms with Crippen molar-refractivity contribution >= 4 is 62.4 Å². The second-order valence-corrected chi connectivity index (χ2v) is 12.1. The van der Waals surface area contributed by atoms with Crippen LogP contribution in [0.5, 0.6) is 0 Å². The summed E-state index contributed by atoms with van der Waals surface area (Å²) in [6.07, 6.45) is 4.53. The molecule has 40 heavy (non-hydrogen) atoms. The first-order valence-electron chi connectivity index (χ1n) is 13.6. The number of carbonyl (C=O) groups is 1. The Morgan fingerprint density at radius 2 is 1.95 bits per heavy atom. The van der Waals surface area contributed by atoms with E-state index in [4.69, 9.17) is 14.1 Å². The van der Waals surface area contributed by atoms with Crippen LogP contribution in [0.15, 0.2) is 32.8 Å². The predicted octanol–water partition coefficient (Wildman–Crippen LogP) is 3.16. The first-order chi connectivity index (χ1) is 19.5. The molecule has 13 heteroatoms. The van der Waals surface area contributed by atoms with Crippen LogP contribution < -0.4 is 32.0 Å². The molecule has 7 rings (SSSR count). The maximum Gasteiger partial charge on any atom is 0.255 e. The molecule has 4 aromatic rings. The van der Waals surface area contributed by atoms with E-state index in [1.807, 2.05) is 22.4 Å². The summed E-state index contributed by atoms with van der Waals surface area (Å²) >= 11 is 2.67. The van der Waals surface area contributed by atoms with Gasteiger partial charge in [-0.2, -0.15) is 4.37 Å². The van der Waals surface area contributed by atoms with Gasteiger partial charge in [0.1, 0.15) is 28.2 Å². The molecule has 1 saturated heterocycles. The largest absolute Gasteiger partial charge is 0.439 e. The first kappa shape index (κ1) is 25.4. The lowest BCUT2D eigenvalue weighted by Gasteiger charge is -2.27. The molecular formula is C27H30N7O4S2+. The van der Waals surface area contributed by atoms with Crippen LogP contribution in [0.1, 0.15) is 41.6 Å². The molecule has 2 aliphatic heterocycles. The van der Waals surface area contributed by atoms with Gasteiger partial charge in [-0.15, -0.1) is 11.3 Å². The number of hydrogen-bond donors (Lipinski definition) is 4. The molecule has 6 heterocycles. The third-order valence-corrected chi connectivity index (χ3v) is 9.58. The van der Waals surface area contributed by atoms with Crippen molar-refractivity contribution in [2.45, 2.75) is 44.3 Å². The Morgan fingerprint density at radius 3 is 2.80 bits per heavy atom. The van der Waals surface area contributed by atoms with Crippen LogP contribution >= 0.6 is 22.9 Å². The minimum Gasteiger partial charge on any atom is -0.439 e. The second-order valence-electron chi connectivity index (χ2n) is 10.4. The molecule has 0 radical (unpaired) electrons. The zero-order valence-corrected chi connectivity index (χ0v) is 23.5. The summed E-state index contributed by atoms with van der Waals surface area (Å²) in [5, 5.41) is 11.7. The number of carbonyl (C=O) groups excluding carboxylic acids is 1. The van der Waals surface area contributed by atoms with Crippen molar-refractivity contribution in [3.63, 3.8) is 0 Å². The Kier molecular flexibility index (Phi) is 6.66. The van der Waals surface area contributed by atoms with Crippen molar-refractivity contribution in [3.05, 3.63) is 44.9 Å². The maximum absolute atomic E-state index is 12.9. The van der Waals surface area contributed by atoms with Gasteiger partial charge in [-0.1, -0.05) is 6.42 Å². The van der Waals surface area contributed by atoms with Crippen LogP contribution in [0, 0.1) is 0 Å². The number of hydrogen-bond acceptors (Lipinski definition) is 11. The van der Waals surface area contributed by atoms with Gasteiger partial charge >= 0.3 is 0 Å². The van der Waals surface area contributed by atoms with Crippen LogP contribution in [-0.2, 0) is 11.3 Å². The number of quaternary nitrogens is 1. The third kappa shape index (κ3) is 4.72. The van der Waals surface area contributed by atoms with Gasteiger partial charge in [-0.25, -0.2) is 4.98 Å². The summed E-state index contributed by atoms with van der Waals surface area (Å²) in [4.78, 5) is 33.2.